The Morgan fingerprint density at radius 1 is 1.12 bits per heavy atom. The minimum absolute atomic E-state index is 0. The molecule has 172 valence electrons. The van der Waals surface area contributed by atoms with Gasteiger partial charge < -0.3 is 25.1 Å². The minimum atomic E-state index is -0.184. The molecule has 0 unspecified atom stereocenters. The fraction of sp³-hybridized carbons (Fsp3) is 0.304. The molecular formula is C23H29IN4O3S. The topological polar surface area (TPSA) is 87.9 Å². The summed E-state index contributed by atoms with van der Waals surface area (Å²) in [4.78, 5) is 17.9. The third kappa shape index (κ3) is 9.31. The SMILES string of the molecule is CC(C)Oc1ccc(NC(=NCC(=O)NCc2ccco2)NCCc2cccs2)cc1.I. The standard InChI is InChI=1S/C23H28N4O3S.HI/c1-17(2)30-19-9-7-18(8-10-19)27-23(24-12-11-21-6-4-14-31-21)26-16-22(28)25-15-20-5-3-13-29-20;/h3-10,13-14,17H,11-12,15-16H2,1-2H3,(H,25,28)(H2,24,26,27);1H. The van der Waals surface area contributed by atoms with E-state index < -0.39 is 0 Å². The number of halogens is 1. The second-order valence-electron chi connectivity index (χ2n) is 7.09. The highest BCUT2D eigenvalue weighted by Crippen LogP contribution is 2.17. The van der Waals surface area contributed by atoms with Gasteiger partial charge in [0, 0.05) is 17.1 Å². The number of carbonyl (C=O) groups is 1. The third-order valence-electron chi connectivity index (χ3n) is 4.15. The van der Waals surface area contributed by atoms with Crippen LogP contribution >= 0.6 is 35.3 Å². The first-order chi connectivity index (χ1) is 15.1. The Labute approximate surface area is 209 Å². The number of nitrogens with one attached hydrogen (secondary N) is 3. The lowest BCUT2D eigenvalue weighted by molar-refractivity contribution is -0.119. The number of thiophene rings is 1. The van der Waals surface area contributed by atoms with Crippen LogP contribution in [0.15, 0.2) is 69.6 Å². The molecule has 1 aromatic carbocycles. The van der Waals surface area contributed by atoms with E-state index in [0.29, 0.717) is 24.8 Å². The molecule has 0 saturated heterocycles. The van der Waals surface area contributed by atoms with Crippen molar-refractivity contribution in [1.29, 1.82) is 0 Å². The summed E-state index contributed by atoms with van der Waals surface area (Å²) >= 11 is 1.72. The second-order valence-corrected chi connectivity index (χ2v) is 8.13. The van der Waals surface area contributed by atoms with Gasteiger partial charge in [0.1, 0.15) is 18.1 Å². The van der Waals surface area contributed by atoms with E-state index in [-0.39, 0.29) is 42.5 Å². The molecule has 0 fully saturated rings. The molecule has 0 bridgehead atoms. The number of nitrogens with zero attached hydrogens (tertiary/aromatic N) is 1. The van der Waals surface area contributed by atoms with Crippen LogP contribution in [-0.4, -0.2) is 31.1 Å². The number of anilines is 1. The number of hydrogen-bond acceptors (Lipinski definition) is 5. The summed E-state index contributed by atoms with van der Waals surface area (Å²) in [5.41, 5.74) is 0.856. The summed E-state index contributed by atoms with van der Waals surface area (Å²) in [6, 6.07) is 15.4. The average Bonchev–Trinajstić information content (AvgIpc) is 3.45. The number of amides is 1. The Morgan fingerprint density at radius 3 is 2.59 bits per heavy atom. The Bertz CT molecular complexity index is 942. The van der Waals surface area contributed by atoms with E-state index in [9.17, 15) is 4.79 Å². The molecule has 0 saturated carbocycles. The second kappa shape index (κ2) is 13.8. The normalized spacial score (nSPS) is 11.0. The van der Waals surface area contributed by atoms with E-state index in [2.05, 4.69) is 32.4 Å². The molecule has 0 aliphatic rings. The third-order valence-corrected chi connectivity index (χ3v) is 5.09. The van der Waals surface area contributed by atoms with E-state index in [1.54, 1.807) is 23.7 Å². The number of guanidine groups is 1. The fourth-order valence-corrected chi connectivity index (χ4v) is 3.44. The molecule has 3 N–H and O–H groups in total. The Balaban J connectivity index is 0.00000363. The van der Waals surface area contributed by atoms with Crippen molar-refractivity contribution in [2.75, 3.05) is 18.4 Å². The quantitative estimate of drug-likeness (QED) is 0.188. The van der Waals surface area contributed by atoms with E-state index >= 15 is 0 Å². The molecule has 3 aromatic rings. The summed E-state index contributed by atoms with van der Waals surface area (Å²) in [7, 11) is 0. The van der Waals surface area contributed by atoms with Gasteiger partial charge in [-0.1, -0.05) is 6.07 Å². The van der Waals surface area contributed by atoms with Crippen LogP contribution in [0.5, 0.6) is 5.75 Å². The lowest BCUT2D eigenvalue weighted by atomic mass is 10.3. The molecule has 1 amide bonds. The Hall–Kier alpha value is -2.53. The maximum atomic E-state index is 12.2. The summed E-state index contributed by atoms with van der Waals surface area (Å²) < 4.78 is 10.9. The summed E-state index contributed by atoms with van der Waals surface area (Å²) in [5.74, 6) is 1.87. The molecule has 2 heterocycles. The van der Waals surface area contributed by atoms with E-state index in [1.165, 1.54) is 4.88 Å². The molecule has 2 aromatic heterocycles. The predicted octanol–water partition coefficient (Wildman–Crippen LogP) is 4.66. The lowest BCUT2D eigenvalue weighted by Gasteiger charge is -2.14. The molecule has 3 rings (SSSR count). The van der Waals surface area contributed by atoms with Gasteiger partial charge in [-0.25, -0.2) is 4.99 Å². The number of ether oxygens (including phenoxy) is 1. The molecule has 9 heteroatoms. The molecule has 0 radical (unpaired) electrons. The van der Waals surface area contributed by atoms with Crippen LogP contribution in [0, 0.1) is 0 Å². The molecule has 0 aliphatic heterocycles. The maximum Gasteiger partial charge on any atom is 0.242 e. The predicted molar refractivity (Wildman–Crippen MR) is 140 cm³/mol. The number of furan rings is 1. The van der Waals surface area contributed by atoms with Gasteiger partial charge in [-0.2, -0.15) is 0 Å². The average molecular weight is 568 g/mol. The lowest BCUT2D eigenvalue weighted by Crippen LogP contribution is -2.34. The zero-order valence-electron chi connectivity index (χ0n) is 18.2. The Morgan fingerprint density at radius 2 is 1.94 bits per heavy atom. The monoisotopic (exact) mass is 568 g/mol. The largest absolute Gasteiger partial charge is 0.491 e. The van der Waals surface area contributed by atoms with Gasteiger partial charge in [-0.15, -0.1) is 35.3 Å². The first-order valence-electron chi connectivity index (χ1n) is 10.2. The number of aliphatic imine (C=N–C) groups is 1. The first-order valence-corrected chi connectivity index (χ1v) is 11.1. The molecule has 0 atom stereocenters. The van der Waals surface area contributed by atoms with Gasteiger partial charge in [-0.05, 0) is 68.1 Å². The van der Waals surface area contributed by atoms with Gasteiger partial charge in [0.25, 0.3) is 0 Å². The van der Waals surface area contributed by atoms with Gasteiger partial charge in [0.15, 0.2) is 5.96 Å². The van der Waals surface area contributed by atoms with Crippen molar-refractivity contribution in [2.24, 2.45) is 4.99 Å². The van der Waals surface area contributed by atoms with Crippen molar-refractivity contribution < 1.29 is 13.9 Å². The van der Waals surface area contributed by atoms with Gasteiger partial charge >= 0.3 is 0 Å². The van der Waals surface area contributed by atoms with Crippen molar-refractivity contribution in [3.05, 3.63) is 70.8 Å². The zero-order valence-corrected chi connectivity index (χ0v) is 21.3. The minimum Gasteiger partial charge on any atom is -0.491 e. The number of carbonyl (C=O) groups excluding carboxylic acids is 1. The van der Waals surface area contributed by atoms with Crippen LogP contribution in [0.1, 0.15) is 24.5 Å². The number of rotatable bonds is 10. The van der Waals surface area contributed by atoms with Crippen LogP contribution in [0.2, 0.25) is 0 Å². The van der Waals surface area contributed by atoms with Crippen molar-refractivity contribution >= 4 is 52.9 Å². The van der Waals surface area contributed by atoms with Crippen LogP contribution < -0.4 is 20.7 Å². The molecule has 32 heavy (non-hydrogen) atoms. The first kappa shape index (κ1) is 25.7. The van der Waals surface area contributed by atoms with Crippen molar-refractivity contribution in [3.8, 4) is 5.75 Å². The van der Waals surface area contributed by atoms with Crippen LogP contribution in [0.4, 0.5) is 5.69 Å². The highest BCUT2D eigenvalue weighted by Gasteiger charge is 2.06. The Kier molecular flexibility index (Phi) is 11.1. The van der Waals surface area contributed by atoms with Crippen molar-refractivity contribution in [3.63, 3.8) is 0 Å². The summed E-state index contributed by atoms with van der Waals surface area (Å²) in [6.45, 7) is 5.03. The van der Waals surface area contributed by atoms with E-state index in [4.69, 9.17) is 9.15 Å². The molecular weight excluding hydrogens is 539 g/mol. The number of benzene rings is 1. The highest BCUT2D eigenvalue weighted by molar-refractivity contribution is 14.0. The van der Waals surface area contributed by atoms with E-state index in [0.717, 1.165) is 17.9 Å². The van der Waals surface area contributed by atoms with Gasteiger partial charge in [0.2, 0.25) is 5.91 Å². The molecule has 7 nitrogen and oxygen atoms in total. The summed E-state index contributed by atoms with van der Waals surface area (Å²) in [6.07, 6.45) is 2.58. The maximum absolute atomic E-state index is 12.2. The van der Waals surface area contributed by atoms with Gasteiger partial charge in [0.05, 0.1) is 18.9 Å². The smallest absolute Gasteiger partial charge is 0.242 e. The zero-order chi connectivity index (χ0) is 21.9. The van der Waals surface area contributed by atoms with Crippen molar-refractivity contribution in [2.45, 2.75) is 32.9 Å². The van der Waals surface area contributed by atoms with Crippen LogP contribution in [0.3, 0.4) is 0 Å². The van der Waals surface area contributed by atoms with Crippen LogP contribution in [0.25, 0.3) is 0 Å². The van der Waals surface area contributed by atoms with E-state index in [1.807, 2.05) is 50.2 Å². The van der Waals surface area contributed by atoms with Crippen LogP contribution in [-0.2, 0) is 17.8 Å². The van der Waals surface area contributed by atoms with Crippen molar-refractivity contribution in [1.82, 2.24) is 10.6 Å². The molecule has 0 spiro atoms. The van der Waals surface area contributed by atoms with Gasteiger partial charge in [-0.3, -0.25) is 4.79 Å². The summed E-state index contributed by atoms with van der Waals surface area (Å²) in [5, 5.41) is 11.4. The highest BCUT2D eigenvalue weighted by atomic mass is 127. The fourth-order valence-electron chi connectivity index (χ4n) is 2.73. The number of hydrogen-bond donors (Lipinski definition) is 3. The molecule has 0 aliphatic carbocycles.